The van der Waals surface area contributed by atoms with Crippen molar-refractivity contribution < 1.29 is 14.3 Å². The Morgan fingerprint density at radius 1 is 0.914 bits per heavy atom. The minimum atomic E-state index is -0.183. The Morgan fingerprint density at radius 2 is 1.60 bits per heavy atom. The van der Waals surface area contributed by atoms with Gasteiger partial charge in [-0.3, -0.25) is 9.59 Å². The van der Waals surface area contributed by atoms with E-state index in [1.807, 2.05) is 81.4 Å². The van der Waals surface area contributed by atoms with Crippen LogP contribution in [0.25, 0.3) is 11.0 Å². The highest BCUT2D eigenvalue weighted by Crippen LogP contribution is 2.19. The zero-order valence-electron chi connectivity index (χ0n) is 20.2. The van der Waals surface area contributed by atoms with Crippen molar-refractivity contribution in [2.24, 2.45) is 5.92 Å². The molecule has 0 aliphatic rings. The van der Waals surface area contributed by atoms with Crippen molar-refractivity contribution in [2.45, 2.75) is 33.6 Å². The first-order valence-corrected chi connectivity index (χ1v) is 11.8. The van der Waals surface area contributed by atoms with Crippen LogP contribution in [0, 0.1) is 5.92 Å². The monoisotopic (exact) mass is 470 g/mol. The van der Waals surface area contributed by atoms with Gasteiger partial charge in [0, 0.05) is 29.3 Å². The maximum atomic E-state index is 12.7. The van der Waals surface area contributed by atoms with Crippen LogP contribution in [-0.4, -0.2) is 28.4 Å². The lowest BCUT2D eigenvalue weighted by atomic mass is 10.1. The summed E-state index contributed by atoms with van der Waals surface area (Å²) in [4.78, 5) is 32.5. The molecule has 7 nitrogen and oxygen atoms in total. The number of anilines is 2. The average Bonchev–Trinajstić information content (AvgIpc) is 3.27. The molecule has 35 heavy (non-hydrogen) atoms. The van der Waals surface area contributed by atoms with Gasteiger partial charge in [0.05, 0.1) is 17.6 Å². The predicted octanol–water partition coefficient (Wildman–Crippen LogP) is 5.59. The van der Waals surface area contributed by atoms with Crippen LogP contribution < -0.4 is 15.4 Å². The van der Waals surface area contributed by atoms with E-state index >= 15 is 0 Å². The van der Waals surface area contributed by atoms with E-state index in [0.717, 1.165) is 46.7 Å². The number of ether oxygens (including phenoxy) is 1. The maximum absolute atomic E-state index is 12.7. The second-order valence-corrected chi connectivity index (χ2v) is 8.67. The van der Waals surface area contributed by atoms with Crippen LogP contribution in [0.15, 0.2) is 66.7 Å². The van der Waals surface area contributed by atoms with Crippen LogP contribution in [0.3, 0.4) is 0 Å². The van der Waals surface area contributed by atoms with Gasteiger partial charge in [0.25, 0.3) is 5.91 Å². The summed E-state index contributed by atoms with van der Waals surface area (Å²) in [6, 6.07) is 20.6. The third-order valence-electron chi connectivity index (χ3n) is 5.61. The number of aryl methyl sites for hydroxylation is 2. The summed E-state index contributed by atoms with van der Waals surface area (Å²) < 4.78 is 5.44. The van der Waals surface area contributed by atoms with Gasteiger partial charge < -0.3 is 20.4 Å². The largest absolute Gasteiger partial charge is 0.494 e. The van der Waals surface area contributed by atoms with Gasteiger partial charge in [-0.15, -0.1) is 0 Å². The van der Waals surface area contributed by atoms with Gasteiger partial charge in [-0.2, -0.15) is 0 Å². The quantitative estimate of drug-likeness (QED) is 0.297. The third-order valence-corrected chi connectivity index (χ3v) is 5.61. The molecule has 180 valence electrons. The van der Waals surface area contributed by atoms with Crippen LogP contribution in [0.1, 0.15) is 42.5 Å². The number of imidazole rings is 1. The Labute approximate surface area is 204 Å². The molecule has 0 spiro atoms. The van der Waals surface area contributed by atoms with Gasteiger partial charge in [-0.05, 0) is 73.5 Å². The topological polar surface area (TPSA) is 96.1 Å². The molecule has 0 saturated heterocycles. The molecule has 1 heterocycles. The minimum Gasteiger partial charge on any atom is -0.494 e. The highest BCUT2D eigenvalue weighted by atomic mass is 16.5. The average molecular weight is 471 g/mol. The standard InChI is InChI=1S/C28H30N4O3/c1-4-35-23-13-11-22(12-14-23)30-28(34)20-8-15-24-25(17-20)32-26(31-24)16-7-19-5-9-21(10-6-19)29-27(33)18(2)3/h5-6,8-15,17-18H,4,7,16H2,1-3H3,(H,29,33)(H,30,34)(H,31,32). The van der Waals surface area contributed by atoms with Crippen LogP contribution in [0.4, 0.5) is 11.4 Å². The molecule has 0 unspecified atom stereocenters. The normalized spacial score (nSPS) is 11.0. The van der Waals surface area contributed by atoms with E-state index in [0.29, 0.717) is 17.9 Å². The number of rotatable bonds is 9. The molecule has 0 atom stereocenters. The predicted molar refractivity (Wildman–Crippen MR) is 139 cm³/mol. The fourth-order valence-electron chi connectivity index (χ4n) is 3.63. The van der Waals surface area contributed by atoms with Gasteiger partial charge in [-0.1, -0.05) is 26.0 Å². The summed E-state index contributed by atoms with van der Waals surface area (Å²) >= 11 is 0. The number of aromatic amines is 1. The van der Waals surface area contributed by atoms with Crippen molar-refractivity contribution in [1.29, 1.82) is 0 Å². The third kappa shape index (κ3) is 6.26. The van der Waals surface area contributed by atoms with Crippen molar-refractivity contribution in [2.75, 3.05) is 17.2 Å². The molecule has 0 aliphatic heterocycles. The van der Waals surface area contributed by atoms with Gasteiger partial charge >= 0.3 is 0 Å². The van der Waals surface area contributed by atoms with Crippen molar-refractivity contribution in [3.05, 3.63) is 83.7 Å². The van der Waals surface area contributed by atoms with Crippen LogP contribution in [0.2, 0.25) is 0 Å². The number of carbonyl (C=O) groups is 2. The van der Waals surface area contributed by atoms with E-state index in [1.54, 1.807) is 6.07 Å². The smallest absolute Gasteiger partial charge is 0.255 e. The van der Waals surface area contributed by atoms with Crippen molar-refractivity contribution in [3.63, 3.8) is 0 Å². The molecule has 4 rings (SSSR count). The molecule has 0 bridgehead atoms. The number of amides is 2. The van der Waals surface area contributed by atoms with Gasteiger partial charge in [0.15, 0.2) is 0 Å². The molecule has 1 aromatic heterocycles. The molecule has 0 fully saturated rings. The fourth-order valence-corrected chi connectivity index (χ4v) is 3.63. The molecule has 0 radical (unpaired) electrons. The SMILES string of the molecule is CCOc1ccc(NC(=O)c2ccc3nc(CCc4ccc(NC(=O)C(C)C)cc4)[nH]c3c2)cc1. The zero-order valence-corrected chi connectivity index (χ0v) is 20.2. The second-order valence-electron chi connectivity index (χ2n) is 8.67. The number of benzene rings is 3. The maximum Gasteiger partial charge on any atom is 0.255 e. The first-order valence-electron chi connectivity index (χ1n) is 11.8. The summed E-state index contributed by atoms with van der Waals surface area (Å²) in [5.74, 6) is 1.40. The molecule has 2 amide bonds. The first-order chi connectivity index (χ1) is 16.9. The molecule has 4 aromatic rings. The molecule has 0 aliphatic carbocycles. The summed E-state index contributed by atoms with van der Waals surface area (Å²) in [5.41, 5.74) is 4.87. The number of nitrogens with one attached hydrogen (secondary N) is 3. The van der Waals surface area contributed by atoms with E-state index in [4.69, 9.17) is 4.74 Å². The molecule has 3 N–H and O–H groups in total. The Hall–Kier alpha value is -4.13. The lowest BCUT2D eigenvalue weighted by molar-refractivity contribution is -0.118. The number of nitrogens with zero attached hydrogens (tertiary/aromatic N) is 1. The second kappa shape index (κ2) is 10.9. The number of aromatic nitrogens is 2. The van der Waals surface area contributed by atoms with Crippen LogP contribution in [0.5, 0.6) is 5.75 Å². The van der Waals surface area contributed by atoms with Crippen molar-refractivity contribution >= 4 is 34.2 Å². The zero-order chi connectivity index (χ0) is 24.8. The first kappa shape index (κ1) is 24.0. The van der Waals surface area contributed by atoms with E-state index in [1.165, 1.54) is 0 Å². The molecular weight excluding hydrogens is 440 g/mol. The van der Waals surface area contributed by atoms with Gasteiger partial charge in [0.1, 0.15) is 11.6 Å². The Morgan fingerprint density at radius 3 is 2.29 bits per heavy atom. The summed E-state index contributed by atoms with van der Waals surface area (Å²) in [7, 11) is 0. The lowest BCUT2D eigenvalue weighted by Crippen LogP contribution is -2.17. The van der Waals surface area contributed by atoms with E-state index in [9.17, 15) is 9.59 Å². The minimum absolute atomic E-state index is 0.00700. The van der Waals surface area contributed by atoms with E-state index in [-0.39, 0.29) is 17.7 Å². The molecule has 7 heteroatoms. The van der Waals surface area contributed by atoms with Crippen molar-refractivity contribution in [3.8, 4) is 5.75 Å². The molecule has 3 aromatic carbocycles. The Bertz CT molecular complexity index is 1310. The van der Waals surface area contributed by atoms with Crippen LogP contribution in [-0.2, 0) is 17.6 Å². The Balaban J connectivity index is 1.37. The van der Waals surface area contributed by atoms with Gasteiger partial charge in [0.2, 0.25) is 5.91 Å². The van der Waals surface area contributed by atoms with Crippen LogP contribution >= 0.6 is 0 Å². The molecule has 0 saturated carbocycles. The lowest BCUT2D eigenvalue weighted by Gasteiger charge is -2.08. The molecular formula is C28H30N4O3. The number of H-pyrrole nitrogens is 1. The number of hydrogen-bond donors (Lipinski definition) is 3. The number of hydrogen-bond acceptors (Lipinski definition) is 4. The van der Waals surface area contributed by atoms with E-state index in [2.05, 4.69) is 20.6 Å². The summed E-state index contributed by atoms with van der Waals surface area (Å²) in [6.07, 6.45) is 1.55. The highest BCUT2D eigenvalue weighted by molar-refractivity contribution is 6.06. The highest BCUT2D eigenvalue weighted by Gasteiger charge is 2.11. The summed E-state index contributed by atoms with van der Waals surface area (Å²) in [5, 5.41) is 5.81. The summed E-state index contributed by atoms with van der Waals surface area (Å²) in [6.45, 7) is 6.27. The van der Waals surface area contributed by atoms with Gasteiger partial charge in [-0.25, -0.2) is 4.98 Å². The van der Waals surface area contributed by atoms with E-state index < -0.39 is 0 Å². The number of fused-ring (bicyclic) bond motifs is 1. The Kier molecular flexibility index (Phi) is 7.45. The van der Waals surface area contributed by atoms with Crippen molar-refractivity contribution in [1.82, 2.24) is 9.97 Å². The number of carbonyl (C=O) groups excluding carboxylic acids is 2. The fraction of sp³-hybridized carbons (Fsp3) is 0.250.